The Morgan fingerprint density at radius 1 is 1.07 bits per heavy atom. The first-order valence-corrected chi connectivity index (χ1v) is 11.0. The largest absolute Gasteiger partial charge is 0.350 e. The molecule has 1 heterocycles. The van der Waals surface area contributed by atoms with Gasteiger partial charge in [0.15, 0.2) is 0 Å². The van der Waals surface area contributed by atoms with Crippen LogP contribution in [-0.2, 0) is 26.2 Å². The van der Waals surface area contributed by atoms with Gasteiger partial charge in [-0.25, -0.2) is 8.42 Å². The number of carbonyl (C=O) groups is 2. The van der Waals surface area contributed by atoms with Crippen molar-refractivity contribution in [1.82, 2.24) is 14.9 Å². The van der Waals surface area contributed by atoms with Crippen molar-refractivity contribution in [3.05, 3.63) is 66.2 Å². The Bertz CT molecular complexity index is 948. The minimum atomic E-state index is -3.76. The lowest BCUT2D eigenvalue weighted by Crippen LogP contribution is -2.51. The zero-order chi connectivity index (χ0) is 20.9. The summed E-state index contributed by atoms with van der Waals surface area (Å²) in [5.74, 6) is -0.776. The molecule has 1 aliphatic rings. The fourth-order valence-corrected chi connectivity index (χ4v) is 5.01. The molecule has 1 aliphatic heterocycles. The van der Waals surface area contributed by atoms with Crippen LogP contribution in [0.2, 0.25) is 0 Å². The topological polar surface area (TPSA) is 95.6 Å². The Morgan fingerprint density at radius 2 is 1.69 bits per heavy atom. The smallest absolute Gasteiger partial charge is 0.243 e. The second-order valence-corrected chi connectivity index (χ2v) is 8.91. The van der Waals surface area contributed by atoms with E-state index in [-0.39, 0.29) is 17.3 Å². The third-order valence-corrected chi connectivity index (χ3v) is 6.84. The van der Waals surface area contributed by atoms with Crippen LogP contribution in [0.3, 0.4) is 0 Å². The minimum Gasteiger partial charge on any atom is -0.350 e. The molecule has 7 nitrogen and oxygen atoms in total. The Hall–Kier alpha value is -2.71. The molecule has 0 aliphatic carbocycles. The van der Waals surface area contributed by atoms with E-state index in [0.717, 1.165) is 5.56 Å². The van der Waals surface area contributed by atoms with Crippen LogP contribution < -0.4 is 10.6 Å². The summed E-state index contributed by atoms with van der Waals surface area (Å²) in [7, 11) is -3.76. The summed E-state index contributed by atoms with van der Waals surface area (Å²) in [4.78, 5) is 25.2. The number of rotatable bonds is 7. The molecule has 1 fully saturated rings. The molecule has 8 heteroatoms. The van der Waals surface area contributed by atoms with Crippen molar-refractivity contribution < 1.29 is 18.0 Å². The van der Waals surface area contributed by atoms with Gasteiger partial charge in [-0.1, -0.05) is 48.5 Å². The summed E-state index contributed by atoms with van der Waals surface area (Å²) in [5, 5.41) is 5.43. The first-order valence-electron chi connectivity index (χ1n) is 9.58. The van der Waals surface area contributed by atoms with Crippen LogP contribution in [0, 0.1) is 0 Å². The number of hydrogen-bond donors (Lipinski definition) is 2. The average molecular weight is 416 g/mol. The molecule has 154 valence electrons. The molecule has 2 N–H and O–H groups in total. The predicted octanol–water partition coefficient (Wildman–Crippen LogP) is 1.66. The number of amides is 2. The maximum Gasteiger partial charge on any atom is 0.243 e. The fourth-order valence-electron chi connectivity index (χ4n) is 3.33. The highest BCUT2D eigenvalue weighted by atomic mass is 32.2. The number of nitrogens with one attached hydrogen (secondary N) is 2. The number of carbonyl (C=O) groups excluding carboxylic acids is 2. The minimum absolute atomic E-state index is 0.161. The molecule has 2 aromatic carbocycles. The first-order chi connectivity index (χ1) is 13.9. The van der Waals surface area contributed by atoms with E-state index in [1.165, 1.54) is 16.4 Å². The van der Waals surface area contributed by atoms with Gasteiger partial charge in [-0.15, -0.1) is 0 Å². The SMILES string of the molecule is CC(NC(=O)C1CCCN1S(=O)(=O)c1ccccc1)C(=O)NCc1ccccc1. The zero-order valence-electron chi connectivity index (χ0n) is 16.2. The lowest BCUT2D eigenvalue weighted by Gasteiger charge is -2.24. The van der Waals surface area contributed by atoms with Crippen LogP contribution in [0.15, 0.2) is 65.6 Å². The van der Waals surface area contributed by atoms with E-state index in [2.05, 4.69) is 10.6 Å². The van der Waals surface area contributed by atoms with Crippen LogP contribution in [0.5, 0.6) is 0 Å². The monoisotopic (exact) mass is 415 g/mol. The van der Waals surface area contributed by atoms with E-state index in [4.69, 9.17) is 0 Å². The summed E-state index contributed by atoms with van der Waals surface area (Å²) in [6.07, 6.45) is 1.02. The molecule has 0 radical (unpaired) electrons. The number of benzene rings is 2. The second-order valence-electron chi connectivity index (χ2n) is 7.02. The molecule has 3 rings (SSSR count). The van der Waals surface area contributed by atoms with Gasteiger partial charge in [0.05, 0.1) is 4.90 Å². The van der Waals surface area contributed by atoms with Gasteiger partial charge >= 0.3 is 0 Å². The third-order valence-electron chi connectivity index (χ3n) is 4.92. The lowest BCUT2D eigenvalue weighted by atomic mass is 10.2. The number of hydrogen-bond acceptors (Lipinski definition) is 4. The van der Waals surface area contributed by atoms with Crippen LogP contribution >= 0.6 is 0 Å². The van der Waals surface area contributed by atoms with Crippen LogP contribution in [0.1, 0.15) is 25.3 Å². The number of sulfonamides is 1. The van der Waals surface area contributed by atoms with Crippen molar-refractivity contribution in [3.8, 4) is 0 Å². The van der Waals surface area contributed by atoms with Crippen molar-refractivity contribution in [3.63, 3.8) is 0 Å². The molecule has 0 bridgehead atoms. The molecule has 2 aromatic rings. The van der Waals surface area contributed by atoms with E-state index in [9.17, 15) is 18.0 Å². The zero-order valence-corrected chi connectivity index (χ0v) is 17.1. The summed E-state index contributed by atoms with van der Waals surface area (Å²) in [6, 6.07) is 15.9. The first kappa shape index (κ1) is 21.0. The van der Waals surface area contributed by atoms with Gasteiger partial charge in [0.25, 0.3) is 0 Å². The molecule has 0 saturated carbocycles. The summed E-state index contributed by atoms with van der Waals surface area (Å²) in [6.45, 7) is 2.23. The predicted molar refractivity (Wildman–Crippen MR) is 109 cm³/mol. The highest BCUT2D eigenvalue weighted by Gasteiger charge is 2.39. The number of nitrogens with zero attached hydrogens (tertiary/aromatic N) is 1. The molecule has 2 atom stereocenters. The van der Waals surface area contributed by atoms with E-state index < -0.39 is 28.0 Å². The van der Waals surface area contributed by atoms with E-state index in [1.807, 2.05) is 30.3 Å². The molecule has 1 saturated heterocycles. The van der Waals surface area contributed by atoms with Gasteiger partial charge in [0.1, 0.15) is 12.1 Å². The van der Waals surface area contributed by atoms with Gasteiger partial charge in [-0.2, -0.15) is 4.31 Å². The fraction of sp³-hybridized carbons (Fsp3) is 0.333. The van der Waals surface area contributed by atoms with Gasteiger partial charge in [0.2, 0.25) is 21.8 Å². The molecule has 29 heavy (non-hydrogen) atoms. The maximum atomic E-state index is 12.9. The van der Waals surface area contributed by atoms with Crippen molar-refractivity contribution in [2.75, 3.05) is 6.54 Å². The quantitative estimate of drug-likeness (QED) is 0.719. The third kappa shape index (κ3) is 5.02. The Kier molecular flexibility index (Phi) is 6.66. The van der Waals surface area contributed by atoms with Crippen molar-refractivity contribution >= 4 is 21.8 Å². The molecule has 0 spiro atoms. The van der Waals surface area contributed by atoms with Crippen LogP contribution in [0.4, 0.5) is 0 Å². The molecular formula is C21H25N3O4S. The average Bonchev–Trinajstić information content (AvgIpc) is 3.24. The van der Waals surface area contributed by atoms with E-state index in [1.54, 1.807) is 25.1 Å². The van der Waals surface area contributed by atoms with Gasteiger partial charge in [0, 0.05) is 13.1 Å². The van der Waals surface area contributed by atoms with Crippen LogP contribution in [0.25, 0.3) is 0 Å². The highest BCUT2D eigenvalue weighted by molar-refractivity contribution is 7.89. The molecule has 0 aromatic heterocycles. The van der Waals surface area contributed by atoms with E-state index >= 15 is 0 Å². The Balaban J connectivity index is 1.61. The summed E-state index contributed by atoms with van der Waals surface area (Å²) < 4.78 is 27.0. The van der Waals surface area contributed by atoms with Crippen molar-refractivity contribution in [2.45, 2.75) is 43.3 Å². The van der Waals surface area contributed by atoms with Gasteiger partial charge in [-0.05, 0) is 37.5 Å². The molecule has 2 unspecified atom stereocenters. The highest BCUT2D eigenvalue weighted by Crippen LogP contribution is 2.26. The van der Waals surface area contributed by atoms with Gasteiger partial charge in [-0.3, -0.25) is 9.59 Å². The Morgan fingerprint density at radius 3 is 2.34 bits per heavy atom. The lowest BCUT2D eigenvalue weighted by molar-refractivity contribution is -0.130. The molecular weight excluding hydrogens is 390 g/mol. The van der Waals surface area contributed by atoms with Crippen molar-refractivity contribution in [2.24, 2.45) is 0 Å². The van der Waals surface area contributed by atoms with E-state index in [0.29, 0.717) is 19.4 Å². The molecule has 2 amide bonds. The van der Waals surface area contributed by atoms with Gasteiger partial charge < -0.3 is 10.6 Å². The Labute approximate surface area is 171 Å². The summed E-state index contributed by atoms with van der Waals surface area (Å²) in [5.41, 5.74) is 0.954. The standard InChI is InChI=1S/C21H25N3O4S/c1-16(20(25)22-15-17-9-4-2-5-10-17)23-21(26)19-13-8-14-24(19)29(27,28)18-11-6-3-7-12-18/h2-7,9-12,16,19H,8,13-15H2,1H3,(H,22,25)(H,23,26). The second kappa shape index (κ2) is 9.19. The van der Waals surface area contributed by atoms with Crippen molar-refractivity contribution in [1.29, 1.82) is 0 Å². The summed E-state index contributed by atoms with van der Waals surface area (Å²) >= 11 is 0. The normalized spacial score (nSPS) is 18.2. The maximum absolute atomic E-state index is 12.9. The van der Waals surface area contributed by atoms with Crippen LogP contribution in [-0.4, -0.2) is 43.2 Å².